The van der Waals surface area contributed by atoms with Gasteiger partial charge in [0, 0.05) is 18.5 Å². The fourth-order valence-electron chi connectivity index (χ4n) is 2.96. The van der Waals surface area contributed by atoms with Gasteiger partial charge in [0.05, 0.1) is 0 Å². The Morgan fingerprint density at radius 3 is 3.00 bits per heavy atom. The lowest BCUT2D eigenvalue weighted by Gasteiger charge is -2.27. The summed E-state index contributed by atoms with van der Waals surface area (Å²) in [6.07, 6.45) is 6.15. The molecule has 1 aromatic rings. The monoisotopic (exact) mass is 265 g/mol. The van der Waals surface area contributed by atoms with Crippen molar-refractivity contribution in [2.75, 3.05) is 12.4 Å². The van der Waals surface area contributed by atoms with Crippen molar-refractivity contribution in [3.05, 3.63) is 35.4 Å². The van der Waals surface area contributed by atoms with E-state index in [1.165, 1.54) is 25.7 Å². The van der Waals surface area contributed by atoms with Gasteiger partial charge in [-0.3, -0.25) is 0 Å². The zero-order valence-electron chi connectivity index (χ0n) is 11.3. The van der Waals surface area contributed by atoms with Gasteiger partial charge in [-0.15, -0.1) is 11.6 Å². The average molecular weight is 266 g/mol. The number of rotatable bonds is 6. The van der Waals surface area contributed by atoms with Crippen LogP contribution in [0.1, 0.15) is 49.7 Å². The second-order valence-corrected chi connectivity index (χ2v) is 5.66. The molecule has 0 fully saturated rings. The molecule has 1 N–H and O–H groups in total. The van der Waals surface area contributed by atoms with Crippen molar-refractivity contribution >= 4 is 11.6 Å². The molecule has 0 saturated carbocycles. The summed E-state index contributed by atoms with van der Waals surface area (Å²) in [6.45, 7) is 3.34. The number of hydrogen-bond acceptors (Lipinski definition) is 1. The highest BCUT2D eigenvalue weighted by atomic mass is 35.5. The molecule has 1 aliphatic rings. The molecule has 100 valence electrons. The van der Waals surface area contributed by atoms with Crippen molar-refractivity contribution in [3.8, 4) is 0 Å². The Bertz CT molecular complexity index is 364. The average Bonchev–Trinajstić information content (AvgIpc) is 2.43. The predicted octanol–water partition coefficient (Wildman–Crippen LogP) is 4.10. The largest absolute Gasteiger partial charge is 0.313 e. The minimum absolute atomic E-state index is 0.580. The zero-order valence-corrected chi connectivity index (χ0v) is 12.0. The predicted molar refractivity (Wildman–Crippen MR) is 79.5 cm³/mol. The summed E-state index contributed by atoms with van der Waals surface area (Å²) in [5, 5.41) is 3.70. The fraction of sp³-hybridized carbons (Fsp3) is 0.625. The zero-order chi connectivity index (χ0) is 12.8. The summed E-state index contributed by atoms with van der Waals surface area (Å²) in [4.78, 5) is 0. The second-order valence-electron chi connectivity index (χ2n) is 5.28. The van der Waals surface area contributed by atoms with Gasteiger partial charge in [0.1, 0.15) is 0 Å². The summed E-state index contributed by atoms with van der Waals surface area (Å²) >= 11 is 5.84. The van der Waals surface area contributed by atoms with Crippen molar-refractivity contribution in [2.24, 2.45) is 0 Å². The van der Waals surface area contributed by atoms with Crippen LogP contribution in [0.15, 0.2) is 24.3 Å². The van der Waals surface area contributed by atoms with E-state index in [0.717, 1.165) is 18.8 Å². The Hall–Kier alpha value is -0.530. The molecule has 1 aliphatic carbocycles. The first-order valence-corrected chi connectivity index (χ1v) is 7.75. The van der Waals surface area contributed by atoms with Gasteiger partial charge in [-0.05, 0) is 49.1 Å². The summed E-state index contributed by atoms with van der Waals surface area (Å²) in [5.74, 6) is 1.45. The highest BCUT2D eigenvalue weighted by molar-refractivity contribution is 6.17. The number of fused-ring (bicyclic) bond motifs is 1. The molecule has 2 heteroatoms. The SMILES string of the molecule is CCC(CCCl)NCC1CCCc2ccccc21. The lowest BCUT2D eigenvalue weighted by atomic mass is 9.82. The first kappa shape index (κ1) is 13.9. The van der Waals surface area contributed by atoms with Crippen LogP contribution in [0.3, 0.4) is 0 Å². The molecule has 0 aromatic heterocycles. The van der Waals surface area contributed by atoms with Gasteiger partial charge >= 0.3 is 0 Å². The molecule has 0 radical (unpaired) electrons. The molecular weight excluding hydrogens is 242 g/mol. The van der Waals surface area contributed by atoms with E-state index >= 15 is 0 Å². The van der Waals surface area contributed by atoms with Crippen molar-refractivity contribution < 1.29 is 0 Å². The number of alkyl halides is 1. The maximum atomic E-state index is 5.84. The third kappa shape index (κ3) is 3.49. The van der Waals surface area contributed by atoms with Crippen LogP contribution >= 0.6 is 11.6 Å². The molecule has 18 heavy (non-hydrogen) atoms. The molecule has 1 nitrogen and oxygen atoms in total. The quantitative estimate of drug-likeness (QED) is 0.764. The molecule has 0 amide bonds. The topological polar surface area (TPSA) is 12.0 Å². The van der Waals surface area contributed by atoms with E-state index in [-0.39, 0.29) is 0 Å². The Morgan fingerprint density at radius 1 is 1.39 bits per heavy atom. The Kier molecular flexibility index (Phi) is 5.52. The van der Waals surface area contributed by atoms with Crippen LogP contribution in [0.4, 0.5) is 0 Å². The molecule has 0 spiro atoms. The molecule has 0 saturated heterocycles. The van der Waals surface area contributed by atoms with Crippen LogP contribution in [-0.2, 0) is 6.42 Å². The summed E-state index contributed by atoms with van der Waals surface area (Å²) in [6, 6.07) is 9.52. The van der Waals surface area contributed by atoms with Crippen LogP contribution in [0.2, 0.25) is 0 Å². The molecule has 0 aliphatic heterocycles. The summed E-state index contributed by atoms with van der Waals surface area (Å²) in [5.41, 5.74) is 3.12. The summed E-state index contributed by atoms with van der Waals surface area (Å²) in [7, 11) is 0. The minimum Gasteiger partial charge on any atom is -0.313 e. The van der Waals surface area contributed by atoms with Crippen LogP contribution in [0.5, 0.6) is 0 Å². The van der Waals surface area contributed by atoms with Gasteiger partial charge in [-0.25, -0.2) is 0 Å². The Balaban J connectivity index is 1.94. The maximum absolute atomic E-state index is 5.84. The van der Waals surface area contributed by atoms with E-state index in [1.54, 1.807) is 11.1 Å². The number of hydrogen-bond donors (Lipinski definition) is 1. The molecular formula is C16H24ClN. The van der Waals surface area contributed by atoms with Crippen LogP contribution in [0.25, 0.3) is 0 Å². The van der Waals surface area contributed by atoms with Gasteiger partial charge < -0.3 is 5.32 Å². The van der Waals surface area contributed by atoms with Crippen LogP contribution < -0.4 is 5.32 Å². The highest BCUT2D eigenvalue weighted by Crippen LogP contribution is 2.30. The molecule has 0 bridgehead atoms. The molecule has 0 heterocycles. The van der Waals surface area contributed by atoms with Gasteiger partial charge in [0.15, 0.2) is 0 Å². The first-order valence-electron chi connectivity index (χ1n) is 7.22. The normalized spacial score (nSPS) is 20.4. The van der Waals surface area contributed by atoms with Gasteiger partial charge in [-0.2, -0.15) is 0 Å². The van der Waals surface area contributed by atoms with E-state index in [2.05, 4.69) is 36.5 Å². The molecule has 2 atom stereocenters. The standard InChI is InChI=1S/C16H24ClN/c1-2-15(10-11-17)18-12-14-8-5-7-13-6-3-4-9-16(13)14/h3-4,6,9,14-15,18H,2,5,7-8,10-12H2,1H3. The van der Waals surface area contributed by atoms with E-state index in [9.17, 15) is 0 Å². The number of nitrogens with one attached hydrogen (secondary N) is 1. The lowest BCUT2D eigenvalue weighted by Crippen LogP contribution is -2.33. The van der Waals surface area contributed by atoms with Gasteiger partial charge in [-0.1, -0.05) is 31.2 Å². The van der Waals surface area contributed by atoms with E-state index < -0.39 is 0 Å². The molecule has 2 rings (SSSR count). The molecule has 1 aromatic carbocycles. The Morgan fingerprint density at radius 2 is 2.22 bits per heavy atom. The van der Waals surface area contributed by atoms with E-state index in [4.69, 9.17) is 11.6 Å². The third-order valence-corrected chi connectivity index (χ3v) is 4.32. The van der Waals surface area contributed by atoms with Gasteiger partial charge in [0.25, 0.3) is 0 Å². The lowest BCUT2D eigenvalue weighted by molar-refractivity contribution is 0.435. The Labute approximate surface area is 116 Å². The molecule has 2 unspecified atom stereocenters. The fourth-order valence-corrected chi connectivity index (χ4v) is 3.22. The van der Waals surface area contributed by atoms with Gasteiger partial charge in [0.2, 0.25) is 0 Å². The smallest absolute Gasteiger partial charge is 0.0238 e. The van der Waals surface area contributed by atoms with Crippen molar-refractivity contribution in [3.63, 3.8) is 0 Å². The van der Waals surface area contributed by atoms with Crippen molar-refractivity contribution in [1.82, 2.24) is 5.32 Å². The van der Waals surface area contributed by atoms with E-state index in [0.29, 0.717) is 12.0 Å². The number of halogens is 1. The minimum atomic E-state index is 0.580. The second kappa shape index (κ2) is 7.16. The number of aryl methyl sites for hydroxylation is 1. The summed E-state index contributed by atoms with van der Waals surface area (Å²) < 4.78 is 0. The maximum Gasteiger partial charge on any atom is 0.0238 e. The van der Waals surface area contributed by atoms with Crippen LogP contribution in [-0.4, -0.2) is 18.5 Å². The third-order valence-electron chi connectivity index (χ3n) is 4.10. The van der Waals surface area contributed by atoms with Crippen LogP contribution in [0, 0.1) is 0 Å². The number of benzene rings is 1. The van der Waals surface area contributed by atoms with Crippen molar-refractivity contribution in [1.29, 1.82) is 0 Å². The first-order chi connectivity index (χ1) is 8.85. The highest BCUT2D eigenvalue weighted by Gasteiger charge is 2.20. The van der Waals surface area contributed by atoms with Crippen molar-refractivity contribution in [2.45, 2.75) is 51.0 Å². The van der Waals surface area contributed by atoms with E-state index in [1.807, 2.05) is 0 Å².